The van der Waals surface area contributed by atoms with Crippen molar-refractivity contribution in [3.8, 4) is 0 Å². The van der Waals surface area contributed by atoms with E-state index in [0.717, 1.165) is 45.2 Å². The molecular weight excluding hydrogens is 338 g/mol. The van der Waals surface area contributed by atoms with Gasteiger partial charge < -0.3 is 9.64 Å². The van der Waals surface area contributed by atoms with E-state index in [-0.39, 0.29) is 12.1 Å². The number of carbonyl (C=O) groups excluding carboxylic acids is 1. The van der Waals surface area contributed by atoms with Crippen LogP contribution in [0.2, 0.25) is 0 Å². The minimum absolute atomic E-state index is 0.150. The number of rotatable bonds is 7. The normalized spacial score (nSPS) is 15.0. The van der Waals surface area contributed by atoms with Crippen molar-refractivity contribution in [1.29, 1.82) is 0 Å². The Morgan fingerprint density at radius 2 is 1.81 bits per heavy atom. The lowest BCUT2D eigenvalue weighted by atomic mass is 10.0. The molecule has 1 amide bonds. The molecule has 3 rings (SSSR count). The molecule has 0 atom stereocenters. The van der Waals surface area contributed by atoms with Crippen molar-refractivity contribution in [2.75, 3.05) is 29.6 Å². The van der Waals surface area contributed by atoms with Crippen molar-refractivity contribution in [2.45, 2.75) is 52.0 Å². The molecule has 5 nitrogen and oxygen atoms in total. The summed E-state index contributed by atoms with van der Waals surface area (Å²) in [4.78, 5) is 15.2. The fourth-order valence-electron chi connectivity index (χ4n) is 3.74. The summed E-state index contributed by atoms with van der Waals surface area (Å²) in [6.07, 6.45) is 8.41. The number of hydrogen-bond acceptors (Lipinski definition) is 3. The molecule has 1 aliphatic rings. The Morgan fingerprint density at radius 1 is 1.11 bits per heavy atom. The molecule has 1 saturated heterocycles. The first-order chi connectivity index (χ1) is 13.2. The molecule has 0 unspecified atom stereocenters. The van der Waals surface area contributed by atoms with E-state index in [2.05, 4.69) is 43.0 Å². The zero-order chi connectivity index (χ0) is 19.1. The molecule has 2 aromatic rings. The first kappa shape index (κ1) is 19.3. The van der Waals surface area contributed by atoms with Gasteiger partial charge >= 0.3 is 6.09 Å². The van der Waals surface area contributed by atoms with Crippen LogP contribution in [0.15, 0.2) is 48.8 Å². The highest BCUT2D eigenvalue weighted by atomic mass is 16.6. The van der Waals surface area contributed by atoms with Crippen molar-refractivity contribution < 1.29 is 9.53 Å². The number of nitrogens with zero attached hydrogens (tertiary/aromatic N) is 3. The number of para-hydroxylation sites is 1. The molecule has 0 aliphatic carbocycles. The molecule has 0 radical (unpaired) electrons. The second-order valence-corrected chi connectivity index (χ2v) is 7.08. The van der Waals surface area contributed by atoms with Crippen LogP contribution in [0.4, 0.5) is 10.5 Å². The van der Waals surface area contributed by atoms with E-state index in [1.807, 2.05) is 29.2 Å². The molecule has 0 saturated carbocycles. The predicted molar refractivity (Wildman–Crippen MR) is 110 cm³/mol. The van der Waals surface area contributed by atoms with E-state index in [0.29, 0.717) is 6.61 Å². The van der Waals surface area contributed by atoms with Gasteiger partial charge in [-0.25, -0.2) is 9.80 Å². The van der Waals surface area contributed by atoms with Crippen molar-refractivity contribution >= 4 is 11.8 Å². The largest absolute Gasteiger partial charge is 0.448 e. The van der Waals surface area contributed by atoms with E-state index in [1.54, 1.807) is 5.01 Å². The van der Waals surface area contributed by atoms with Crippen molar-refractivity contribution in [3.63, 3.8) is 0 Å². The van der Waals surface area contributed by atoms with Gasteiger partial charge in [-0.2, -0.15) is 0 Å². The Balaban J connectivity index is 1.68. The molecule has 0 N–H and O–H groups in total. The average Bonchev–Trinajstić information content (AvgIpc) is 3.23. The lowest BCUT2D eigenvalue weighted by molar-refractivity contribution is 0.140. The maximum atomic E-state index is 12.7. The molecule has 1 aromatic carbocycles. The predicted octanol–water partition coefficient (Wildman–Crippen LogP) is 4.59. The van der Waals surface area contributed by atoms with Crippen LogP contribution in [0, 0.1) is 0 Å². The van der Waals surface area contributed by atoms with E-state index < -0.39 is 0 Å². The summed E-state index contributed by atoms with van der Waals surface area (Å²) in [5.41, 5.74) is 2.72. The zero-order valence-corrected chi connectivity index (χ0v) is 16.5. The van der Waals surface area contributed by atoms with Crippen molar-refractivity contribution in [3.05, 3.63) is 54.4 Å². The lowest BCUT2D eigenvalue weighted by Crippen LogP contribution is -2.52. The van der Waals surface area contributed by atoms with Crippen LogP contribution in [-0.4, -0.2) is 36.5 Å². The first-order valence-electron chi connectivity index (χ1n) is 10.2. The van der Waals surface area contributed by atoms with Crippen LogP contribution in [0.3, 0.4) is 0 Å². The molecule has 0 bridgehead atoms. The number of piperidine rings is 1. The van der Waals surface area contributed by atoms with Crippen LogP contribution in [-0.2, 0) is 11.2 Å². The highest BCUT2D eigenvalue weighted by Gasteiger charge is 2.30. The van der Waals surface area contributed by atoms with E-state index in [4.69, 9.17) is 4.74 Å². The third kappa shape index (κ3) is 4.65. The Kier molecular flexibility index (Phi) is 6.80. The number of aryl methyl sites for hydroxylation is 1. The Labute approximate surface area is 162 Å². The maximum Gasteiger partial charge on any atom is 0.429 e. The van der Waals surface area contributed by atoms with E-state index in [9.17, 15) is 4.79 Å². The quantitative estimate of drug-likeness (QED) is 0.670. The summed E-state index contributed by atoms with van der Waals surface area (Å²) in [6.45, 7) is 6.67. The number of ether oxygens (including phenoxy) is 1. The monoisotopic (exact) mass is 369 g/mol. The molecule has 1 aliphatic heterocycles. The van der Waals surface area contributed by atoms with Crippen LogP contribution in [0.5, 0.6) is 0 Å². The highest BCUT2D eigenvalue weighted by Crippen LogP contribution is 2.26. The van der Waals surface area contributed by atoms with Gasteiger partial charge in [-0.1, -0.05) is 38.5 Å². The van der Waals surface area contributed by atoms with Gasteiger partial charge in [0, 0.05) is 31.2 Å². The summed E-state index contributed by atoms with van der Waals surface area (Å²) in [5.74, 6) is 0. The lowest BCUT2D eigenvalue weighted by Gasteiger charge is -2.39. The Morgan fingerprint density at radius 3 is 2.48 bits per heavy atom. The first-order valence-corrected chi connectivity index (χ1v) is 10.2. The molecule has 1 fully saturated rings. The summed E-state index contributed by atoms with van der Waals surface area (Å²) >= 11 is 0. The average molecular weight is 370 g/mol. The number of unbranched alkanes of at least 4 members (excludes halogenated alkanes) is 1. The minimum atomic E-state index is -0.243. The third-order valence-corrected chi connectivity index (χ3v) is 5.27. The topological polar surface area (TPSA) is 37.7 Å². The third-order valence-electron chi connectivity index (χ3n) is 5.27. The molecule has 5 heteroatoms. The molecule has 27 heavy (non-hydrogen) atoms. The van der Waals surface area contributed by atoms with Gasteiger partial charge in [0.05, 0.1) is 12.6 Å². The smallest absolute Gasteiger partial charge is 0.429 e. The van der Waals surface area contributed by atoms with Gasteiger partial charge in [0.25, 0.3) is 0 Å². The fraction of sp³-hybridized carbons (Fsp3) is 0.500. The van der Waals surface area contributed by atoms with E-state index >= 15 is 0 Å². The number of carbonyl (C=O) groups is 1. The molecule has 146 valence electrons. The van der Waals surface area contributed by atoms with E-state index in [1.165, 1.54) is 11.3 Å². The second-order valence-electron chi connectivity index (χ2n) is 7.08. The summed E-state index contributed by atoms with van der Waals surface area (Å²) in [5, 5.41) is 1.79. The molecule has 0 spiro atoms. The zero-order valence-electron chi connectivity index (χ0n) is 16.5. The Hall–Kier alpha value is -2.43. The molecule has 1 aromatic heterocycles. The number of hydrogen-bond donors (Lipinski definition) is 0. The van der Waals surface area contributed by atoms with Crippen molar-refractivity contribution in [1.82, 2.24) is 4.68 Å². The minimum Gasteiger partial charge on any atom is -0.448 e. The molecule has 2 heterocycles. The number of aromatic nitrogens is 1. The van der Waals surface area contributed by atoms with Crippen LogP contribution in [0.1, 0.15) is 45.1 Å². The van der Waals surface area contributed by atoms with Crippen LogP contribution < -0.4 is 9.91 Å². The maximum absolute atomic E-state index is 12.7. The van der Waals surface area contributed by atoms with Crippen LogP contribution in [0.25, 0.3) is 0 Å². The second kappa shape index (κ2) is 9.49. The van der Waals surface area contributed by atoms with Gasteiger partial charge in [-0.15, -0.1) is 0 Å². The SMILES string of the molecule is CCCCOC(=O)N(C1CCN(c2ccccc2CC)CC1)n1cccc1. The number of amides is 1. The number of benzene rings is 1. The van der Waals surface area contributed by atoms with Crippen molar-refractivity contribution in [2.24, 2.45) is 0 Å². The molecular formula is C22H31N3O2. The van der Waals surface area contributed by atoms with Crippen LogP contribution >= 0.6 is 0 Å². The summed E-state index contributed by atoms with van der Waals surface area (Å²) in [7, 11) is 0. The standard InChI is InChI=1S/C22H31N3O2/c1-3-5-18-27-22(26)25(24-14-8-9-15-24)20-12-16-23(17-13-20)21-11-7-6-10-19(21)4-2/h6-11,14-15,20H,3-5,12-13,16-18H2,1-2H3. The van der Waals surface area contributed by atoms with Gasteiger partial charge in [0.2, 0.25) is 0 Å². The highest BCUT2D eigenvalue weighted by molar-refractivity contribution is 5.79. The van der Waals surface area contributed by atoms with Gasteiger partial charge in [-0.3, -0.25) is 4.68 Å². The summed E-state index contributed by atoms with van der Waals surface area (Å²) in [6, 6.07) is 12.7. The summed E-state index contributed by atoms with van der Waals surface area (Å²) < 4.78 is 7.39. The Bertz CT molecular complexity index is 706. The van der Waals surface area contributed by atoms with Gasteiger partial charge in [-0.05, 0) is 49.4 Å². The fourth-order valence-corrected chi connectivity index (χ4v) is 3.74. The van der Waals surface area contributed by atoms with Gasteiger partial charge in [0.15, 0.2) is 0 Å². The number of anilines is 1. The van der Waals surface area contributed by atoms with Gasteiger partial charge in [0.1, 0.15) is 0 Å².